The summed E-state index contributed by atoms with van der Waals surface area (Å²) in [6.45, 7) is 3.83. The zero-order valence-corrected chi connectivity index (χ0v) is 13.4. The molecule has 1 aliphatic heterocycles. The highest BCUT2D eigenvalue weighted by atomic mass is 79.9. The average molecular weight is 344 g/mol. The van der Waals surface area contributed by atoms with Gasteiger partial charge < -0.3 is 19.5 Å². The zero-order chi connectivity index (χ0) is 14.2. The van der Waals surface area contributed by atoms with Crippen LogP contribution in [-0.2, 0) is 16.0 Å². The first-order valence-corrected chi connectivity index (χ1v) is 7.82. The summed E-state index contributed by atoms with van der Waals surface area (Å²) in [4.78, 5) is 0. The minimum atomic E-state index is 0.153. The fourth-order valence-electron chi connectivity index (χ4n) is 2.19. The molecule has 20 heavy (non-hydrogen) atoms. The van der Waals surface area contributed by atoms with Crippen molar-refractivity contribution >= 4 is 15.9 Å². The lowest BCUT2D eigenvalue weighted by Crippen LogP contribution is -2.29. The van der Waals surface area contributed by atoms with Crippen molar-refractivity contribution in [3.8, 4) is 5.75 Å². The molecule has 0 bridgehead atoms. The number of halogens is 1. The largest absolute Gasteiger partial charge is 0.486 e. The van der Waals surface area contributed by atoms with Crippen molar-refractivity contribution in [2.24, 2.45) is 0 Å². The second kappa shape index (κ2) is 8.62. The number of hydrogen-bond acceptors (Lipinski definition) is 4. The van der Waals surface area contributed by atoms with E-state index in [-0.39, 0.29) is 6.10 Å². The molecule has 0 saturated carbocycles. The number of rotatable bonds is 7. The Labute approximate surface area is 128 Å². The SMILES string of the molecule is COCCNCc1cccc(Br)c1OC1CCCOC1. The Balaban J connectivity index is 1.97. The topological polar surface area (TPSA) is 39.7 Å². The van der Waals surface area contributed by atoms with E-state index in [1.54, 1.807) is 7.11 Å². The van der Waals surface area contributed by atoms with E-state index in [0.717, 1.165) is 48.3 Å². The lowest BCUT2D eigenvalue weighted by Gasteiger charge is -2.25. The van der Waals surface area contributed by atoms with Gasteiger partial charge in [-0.15, -0.1) is 0 Å². The van der Waals surface area contributed by atoms with Gasteiger partial charge in [-0.3, -0.25) is 0 Å². The molecule has 2 rings (SSSR count). The van der Waals surface area contributed by atoms with E-state index in [1.165, 1.54) is 0 Å². The van der Waals surface area contributed by atoms with E-state index in [1.807, 2.05) is 12.1 Å². The monoisotopic (exact) mass is 343 g/mol. The maximum atomic E-state index is 6.13. The maximum absolute atomic E-state index is 6.13. The quantitative estimate of drug-likeness (QED) is 0.772. The highest BCUT2D eigenvalue weighted by Crippen LogP contribution is 2.31. The van der Waals surface area contributed by atoms with Crippen LogP contribution in [0.1, 0.15) is 18.4 Å². The summed E-state index contributed by atoms with van der Waals surface area (Å²) in [7, 11) is 1.71. The Hall–Kier alpha value is -0.620. The average Bonchev–Trinajstić information content (AvgIpc) is 2.48. The highest BCUT2D eigenvalue weighted by molar-refractivity contribution is 9.10. The molecule has 112 valence electrons. The first kappa shape index (κ1) is 15.8. The molecule has 1 saturated heterocycles. The molecule has 1 heterocycles. The first-order valence-electron chi connectivity index (χ1n) is 7.02. The molecular formula is C15H22BrNO3. The number of benzene rings is 1. The molecule has 0 spiro atoms. The van der Waals surface area contributed by atoms with Gasteiger partial charge in [-0.05, 0) is 34.8 Å². The van der Waals surface area contributed by atoms with Gasteiger partial charge >= 0.3 is 0 Å². The summed E-state index contributed by atoms with van der Waals surface area (Å²) in [6.07, 6.45) is 2.27. The molecule has 1 N–H and O–H groups in total. The molecule has 1 aromatic rings. The van der Waals surface area contributed by atoms with E-state index >= 15 is 0 Å². The minimum absolute atomic E-state index is 0.153. The number of hydrogen-bond donors (Lipinski definition) is 1. The Morgan fingerprint density at radius 2 is 2.35 bits per heavy atom. The van der Waals surface area contributed by atoms with Crippen LogP contribution in [0.2, 0.25) is 0 Å². The predicted molar refractivity (Wildman–Crippen MR) is 82.2 cm³/mol. The van der Waals surface area contributed by atoms with Crippen molar-refractivity contribution in [1.29, 1.82) is 0 Å². The van der Waals surface area contributed by atoms with Crippen LogP contribution < -0.4 is 10.1 Å². The molecule has 1 aliphatic rings. The van der Waals surface area contributed by atoms with Crippen LogP contribution in [0.4, 0.5) is 0 Å². The predicted octanol–water partition coefficient (Wildman–Crippen LogP) is 2.74. The maximum Gasteiger partial charge on any atom is 0.138 e. The van der Waals surface area contributed by atoms with Gasteiger partial charge in [-0.2, -0.15) is 0 Å². The van der Waals surface area contributed by atoms with Crippen molar-refractivity contribution in [2.75, 3.05) is 33.5 Å². The van der Waals surface area contributed by atoms with Gasteiger partial charge in [0.25, 0.3) is 0 Å². The number of ether oxygens (including phenoxy) is 3. The summed E-state index contributed by atoms with van der Waals surface area (Å²) in [5.41, 5.74) is 1.15. The molecule has 5 heteroatoms. The van der Waals surface area contributed by atoms with Crippen LogP contribution in [0.15, 0.2) is 22.7 Å². The van der Waals surface area contributed by atoms with Gasteiger partial charge in [-0.25, -0.2) is 0 Å². The van der Waals surface area contributed by atoms with E-state index < -0.39 is 0 Å². The van der Waals surface area contributed by atoms with Crippen molar-refractivity contribution in [1.82, 2.24) is 5.32 Å². The molecule has 1 aromatic carbocycles. The number of para-hydroxylation sites is 1. The number of nitrogens with one attached hydrogen (secondary N) is 1. The third-order valence-electron chi connectivity index (χ3n) is 3.25. The smallest absolute Gasteiger partial charge is 0.138 e. The van der Waals surface area contributed by atoms with Crippen LogP contribution >= 0.6 is 15.9 Å². The molecule has 0 aliphatic carbocycles. The van der Waals surface area contributed by atoms with E-state index in [0.29, 0.717) is 13.2 Å². The first-order chi connectivity index (χ1) is 9.81. The highest BCUT2D eigenvalue weighted by Gasteiger charge is 2.18. The molecule has 0 radical (unpaired) electrons. The van der Waals surface area contributed by atoms with Gasteiger partial charge in [-0.1, -0.05) is 12.1 Å². The van der Waals surface area contributed by atoms with Gasteiger partial charge in [0.1, 0.15) is 11.9 Å². The lowest BCUT2D eigenvalue weighted by atomic mass is 10.1. The fourth-order valence-corrected chi connectivity index (χ4v) is 2.69. The Morgan fingerprint density at radius 3 is 3.10 bits per heavy atom. The van der Waals surface area contributed by atoms with E-state index in [4.69, 9.17) is 14.2 Å². The third kappa shape index (κ3) is 4.74. The van der Waals surface area contributed by atoms with Crippen LogP contribution in [0.3, 0.4) is 0 Å². The van der Waals surface area contributed by atoms with Crippen LogP contribution in [-0.4, -0.2) is 39.6 Å². The van der Waals surface area contributed by atoms with E-state index in [2.05, 4.69) is 27.3 Å². The second-order valence-electron chi connectivity index (χ2n) is 4.85. The molecule has 1 unspecified atom stereocenters. The normalized spacial score (nSPS) is 19.0. The molecule has 0 amide bonds. The minimum Gasteiger partial charge on any atom is -0.486 e. The van der Waals surface area contributed by atoms with Crippen molar-refractivity contribution in [3.63, 3.8) is 0 Å². The van der Waals surface area contributed by atoms with Crippen LogP contribution in [0, 0.1) is 0 Å². The zero-order valence-electron chi connectivity index (χ0n) is 11.9. The third-order valence-corrected chi connectivity index (χ3v) is 3.87. The summed E-state index contributed by atoms with van der Waals surface area (Å²) in [6, 6.07) is 6.13. The van der Waals surface area contributed by atoms with E-state index in [9.17, 15) is 0 Å². The summed E-state index contributed by atoms with van der Waals surface area (Å²) < 4.78 is 17.6. The van der Waals surface area contributed by atoms with Gasteiger partial charge in [0.05, 0.1) is 17.7 Å². The molecule has 1 atom stereocenters. The van der Waals surface area contributed by atoms with Crippen molar-refractivity contribution in [3.05, 3.63) is 28.2 Å². The standard InChI is InChI=1S/C15H22BrNO3/c1-18-9-7-17-10-12-4-2-6-14(16)15(12)20-13-5-3-8-19-11-13/h2,4,6,13,17H,3,5,7-11H2,1H3. The van der Waals surface area contributed by atoms with Crippen LogP contribution in [0.5, 0.6) is 5.75 Å². The fraction of sp³-hybridized carbons (Fsp3) is 0.600. The number of methoxy groups -OCH3 is 1. The van der Waals surface area contributed by atoms with Gasteiger partial charge in [0.15, 0.2) is 0 Å². The van der Waals surface area contributed by atoms with Gasteiger partial charge in [0, 0.05) is 32.4 Å². The molecular weight excluding hydrogens is 322 g/mol. The Kier molecular flexibility index (Phi) is 6.79. The summed E-state index contributed by atoms with van der Waals surface area (Å²) >= 11 is 3.58. The molecule has 0 aromatic heterocycles. The summed E-state index contributed by atoms with van der Waals surface area (Å²) in [5, 5.41) is 3.35. The van der Waals surface area contributed by atoms with Crippen LogP contribution in [0.25, 0.3) is 0 Å². The lowest BCUT2D eigenvalue weighted by molar-refractivity contribution is 0.00667. The van der Waals surface area contributed by atoms with Gasteiger partial charge in [0.2, 0.25) is 0 Å². The Morgan fingerprint density at radius 1 is 1.45 bits per heavy atom. The van der Waals surface area contributed by atoms with Crippen molar-refractivity contribution in [2.45, 2.75) is 25.5 Å². The molecule has 1 fully saturated rings. The summed E-state index contributed by atoms with van der Waals surface area (Å²) in [5.74, 6) is 0.924. The molecule has 4 nitrogen and oxygen atoms in total. The van der Waals surface area contributed by atoms with Crippen molar-refractivity contribution < 1.29 is 14.2 Å². The Bertz CT molecular complexity index is 408. The second-order valence-corrected chi connectivity index (χ2v) is 5.71.